The molecule has 4 heteroatoms. The molecule has 7 aromatic carbocycles. The number of furan rings is 1. The molecule has 0 N–H and O–H groups in total. The van der Waals surface area contributed by atoms with E-state index in [0.717, 1.165) is 12.1 Å². The van der Waals surface area contributed by atoms with Crippen molar-refractivity contribution in [2.45, 2.75) is 0 Å². The van der Waals surface area contributed by atoms with E-state index in [-0.39, 0.29) is 27.1 Å². The Hall–Kier alpha value is -6.13. The van der Waals surface area contributed by atoms with Gasteiger partial charge in [-0.25, -0.2) is 15.0 Å². The third-order valence-electron chi connectivity index (χ3n) is 6.79. The molecule has 0 bridgehead atoms. The van der Waals surface area contributed by atoms with Gasteiger partial charge in [-0.05, 0) is 56.9 Å². The first-order valence-corrected chi connectivity index (χ1v) is 13.2. The summed E-state index contributed by atoms with van der Waals surface area (Å²) in [5, 5.41) is -1.92. The lowest BCUT2D eigenvalue weighted by Gasteiger charge is -2.10. The smallest absolute Gasteiger partial charge is 0.164 e. The monoisotopic (exact) mass is 598 g/mol. The molecule has 0 aliphatic rings. The third-order valence-corrected chi connectivity index (χ3v) is 6.79. The highest BCUT2D eigenvalue weighted by atomic mass is 16.3. The molecule has 0 saturated heterocycles. The number of para-hydroxylation sites is 1. The average molecular weight is 599 g/mol. The van der Waals surface area contributed by atoms with Crippen LogP contribution >= 0.6 is 0 Å². The molecule has 0 aliphatic heterocycles. The number of aromatic nitrogens is 3. The molecule has 0 saturated carbocycles. The number of nitrogens with zero attached hydrogens (tertiary/aromatic N) is 3. The fourth-order valence-corrected chi connectivity index (χ4v) is 4.71. The number of hydrogen-bond donors (Lipinski definition) is 0. The van der Waals surface area contributed by atoms with E-state index in [9.17, 15) is 5.48 Å². The van der Waals surface area contributed by atoms with Gasteiger partial charge in [-0.3, -0.25) is 0 Å². The zero-order chi connectivity index (χ0) is 49.8. The van der Waals surface area contributed by atoms with Crippen LogP contribution in [0.3, 0.4) is 0 Å². The van der Waals surface area contributed by atoms with E-state index in [1.807, 2.05) is 0 Å². The van der Waals surface area contributed by atoms with Crippen molar-refractivity contribution >= 4 is 43.5 Å². The van der Waals surface area contributed by atoms with Crippen LogP contribution in [0.25, 0.3) is 88.8 Å². The number of benzene rings is 7. The molecule has 0 unspecified atom stereocenters. The molecule has 0 spiro atoms. The van der Waals surface area contributed by atoms with E-state index in [4.69, 9.17) is 30.5 Å². The number of rotatable bonds is 4. The van der Waals surface area contributed by atoms with Gasteiger partial charge in [-0.1, -0.05) is 127 Å². The van der Waals surface area contributed by atoms with Crippen molar-refractivity contribution in [3.8, 4) is 45.3 Å². The Bertz CT molecular complexity index is 3820. The maximum atomic E-state index is 9.27. The maximum absolute atomic E-state index is 9.27. The maximum Gasteiger partial charge on any atom is 0.164 e. The summed E-state index contributed by atoms with van der Waals surface area (Å²) >= 11 is 0. The van der Waals surface area contributed by atoms with Gasteiger partial charge < -0.3 is 4.42 Å². The minimum Gasteiger partial charge on any atom is -0.456 e. The van der Waals surface area contributed by atoms with Crippen LogP contribution in [0, 0.1) is 0 Å². The Balaban J connectivity index is 1.42. The topological polar surface area (TPSA) is 51.8 Å². The summed E-state index contributed by atoms with van der Waals surface area (Å²) in [5.74, 6) is -2.02. The highest BCUT2D eigenvalue weighted by molar-refractivity contribution is 6.11. The van der Waals surface area contributed by atoms with Gasteiger partial charge in [0, 0.05) is 27.5 Å². The van der Waals surface area contributed by atoms with Gasteiger partial charge >= 0.3 is 0 Å². The quantitative estimate of drug-likeness (QED) is 0.202. The van der Waals surface area contributed by atoms with Crippen LogP contribution < -0.4 is 0 Å². The normalized spacial score (nSPS) is 18.7. The Labute approximate surface area is 291 Å². The van der Waals surface area contributed by atoms with Crippen molar-refractivity contribution in [1.29, 1.82) is 0 Å². The van der Waals surface area contributed by atoms with E-state index >= 15 is 0 Å². The van der Waals surface area contributed by atoms with E-state index in [2.05, 4.69) is 15.0 Å². The highest BCUT2D eigenvalue weighted by Crippen LogP contribution is 2.37. The molecular weight excluding hydrogens is 550 g/mol. The fourth-order valence-electron chi connectivity index (χ4n) is 4.71. The Morgan fingerprint density at radius 3 is 2.00 bits per heavy atom. The minimum atomic E-state index is -0.952. The van der Waals surface area contributed by atoms with Gasteiger partial charge in [0.25, 0.3) is 0 Å². The lowest BCUT2D eigenvalue weighted by atomic mass is 10.00. The zero-order valence-corrected chi connectivity index (χ0v) is 22.4. The molecule has 0 radical (unpaired) electrons. The molecule has 4 nitrogen and oxygen atoms in total. The third kappa shape index (κ3) is 4.43. The van der Waals surface area contributed by atoms with Gasteiger partial charge in [0.15, 0.2) is 17.5 Å². The molecule has 0 amide bonds. The van der Waals surface area contributed by atoms with Crippen LogP contribution in [0.2, 0.25) is 0 Å². The fraction of sp³-hybridized carbons (Fsp3) is 0. The van der Waals surface area contributed by atoms with E-state index < -0.39 is 201 Å². The molecule has 0 atom stereocenters. The van der Waals surface area contributed by atoms with Crippen LogP contribution in [-0.2, 0) is 0 Å². The standard InChI is InChI=1S/C41H25N3O/c1-3-10-30-24-32(22-18-26(30)8-1)28-16-20-29(21-17-28)39-42-40(33-23-19-27-9-2-4-11-31(27)25-33)44-41(43-39)35-13-7-15-37-38(35)34-12-5-6-14-36(34)45-37/h1-25H/i1D,2D,3D,4D,5D,6D,7D,8D,10D,11D,12D,13D,14D,15D,16D,17D,18D,19D,20D,21D,22D,23D,24D. The SMILES string of the molecule is [2H]c1cc2c([2H])c([2H])c(-c3nc(-c4c([2H])c([2H])c(-c5c([2H])c([2H])c6c([2H])c([2H])c([2H])c([2H])c6c5[2H])c([2H])c4[2H])nc(-c4c([2H])c([2H])c([2H])c5oc6c([2H])c([2H])c([2H])c([2H])c6c45)n3)cc2c([2H])c1[2H]. The van der Waals surface area contributed by atoms with Crippen LogP contribution in [0.4, 0.5) is 0 Å². The molecule has 45 heavy (non-hydrogen) atoms. The van der Waals surface area contributed by atoms with Crippen LogP contribution in [0.15, 0.2) is 156 Å². The first-order valence-electron chi connectivity index (χ1n) is 24.7. The lowest BCUT2D eigenvalue weighted by Crippen LogP contribution is -2.00. The van der Waals surface area contributed by atoms with Gasteiger partial charge in [0.2, 0.25) is 0 Å². The zero-order valence-electron chi connectivity index (χ0n) is 45.4. The lowest BCUT2D eigenvalue weighted by molar-refractivity contribution is 0.669. The second kappa shape index (κ2) is 10.2. The summed E-state index contributed by atoms with van der Waals surface area (Å²) in [6.45, 7) is 0. The summed E-state index contributed by atoms with van der Waals surface area (Å²) in [4.78, 5) is 13.3. The van der Waals surface area contributed by atoms with Gasteiger partial charge in [-0.2, -0.15) is 0 Å². The highest BCUT2D eigenvalue weighted by Gasteiger charge is 2.18. The number of hydrogen-bond acceptors (Lipinski definition) is 4. The van der Waals surface area contributed by atoms with Crippen molar-refractivity contribution in [1.82, 2.24) is 15.0 Å². The van der Waals surface area contributed by atoms with Crippen LogP contribution in [0.5, 0.6) is 0 Å². The minimum absolute atomic E-state index is 0.0731. The summed E-state index contributed by atoms with van der Waals surface area (Å²) in [6.07, 6.45) is 0. The predicted molar refractivity (Wildman–Crippen MR) is 184 cm³/mol. The molecule has 0 aliphatic carbocycles. The second-order valence-corrected chi connectivity index (χ2v) is 9.49. The summed E-state index contributed by atoms with van der Waals surface area (Å²) in [5.41, 5.74) is -3.98. The predicted octanol–water partition coefficient (Wildman–Crippen LogP) is 10.7. The van der Waals surface area contributed by atoms with Crippen LogP contribution in [-0.4, -0.2) is 15.0 Å². The molecular formula is C41H25N3O. The van der Waals surface area contributed by atoms with E-state index in [1.54, 1.807) is 0 Å². The molecule has 9 aromatic rings. The molecule has 2 aromatic heterocycles. The van der Waals surface area contributed by atoms with Crippen LogP contribution in [0.1, 0.15) is 31.5 Å². The van der Waals surface area contributed by atoms with Gasteiger partial charge in [-0.15, -0.1) is 0 Å². The molecule has 2 heterocycles. The van der Waals surface area contributed by atoms with E-state index in [0.29, 0.717) is 0 Å². The van der Waals surface area contributed by atoms with Gasteiger partial charge in [0.1, 0.15) is 11.2 Å². The summed E-state index contributed by atoms with van der Waals surface area (Å²) < 4.78 is 206. The van der Waals surface area contributed by atoms with Crippen molar-refractivity contribution in [2.24, 2.45) is 0 Å². The van der Waals surface area contributed by atoms with Crippen molar-refractivity contribution in [2.75, 3.05) is 0 Å². The summed E-state index contributed by atoms with van der Waals surface area (Å²) in [7, 11) is 0. The second-order valence-electron chi connectivity index (χ2n) is 9.49. The molecule has 210 valence electrons. The first-order chi connectivity index (χ1) is 31.8. The Morgan fingerprint density at radius 2 is 1.09 bits per heavy atom. The van der Waals surface area contributed by atoms with Crippen molar-refractivity contribution in [3.05, 3.63) is 151 Å². The van der Waals surface area contributed by atoms with E-state index in [1.165, 1.54) is 0 Å². The summed E-state index contributed by atoms with van der Waals surface area (Å²) in [6, 6.07) is -14.8. The number of fused-ring (bicyclic) bond motifs is 5. The molecule has 9 rings (SSSR count). The van der Waals surface area contributed by atoms with Gasteiger partial charge in [0.05, 0.1) is 31.5 Å². The van der Waals surface area contributed by atoms with Crippen molar-refractivity contribution < 1.29 is 35.9 Å². The Kier molecular flexibility index (Phi) is 2.60. The first kappa shape index (κ1) is 11.4. The van der Waals surface area contributed by atoms with Crippen molar-refractivity contribution in [3.63, 3.8) is 0 Å². The molecule has 0 fully saturated rings. The average Bonchev–Trinajstić information content (AvgIpc) is 3.70. The largest absolute Gasteiger partial charge is 0.456 e. The Morgan fingerprint density at radius 1 is 0.444 bits per heavy atom.